The van der Waals surface area contributed by atoms with Crippen LogP contribution >= 0.6 is 11.3 Å². The molecule has 4 atom stereocenters. The molecule has 4 fully saturated rings. The zero-order valence-electron chi connectivity index (χ0n) is 26.0. The van der Waals surface area contributed by atoms with Gasteiger partial charge in [0.15, 0.2) is 11.6 Å². The van der Waals surface area contributed by atoms with Crippen molar-refractivity contribution in [1.82, 2.24) is 14.8 Å². The summed E-state index contributed by atoms with van der Waals surface area (Å²) in [7, 11) is 0. The van der Waals surface area contributed by atoms with Gasteiger partial charge in [0.1, 0.15) is 0 Å². The van der Waals surface area contributed by atoms with Gasteiger partial charge in [-0.1, -0.05) is 30.3 Å². The number of hydrogen-bond acceptors (Lipinski definition) is 7. The number of Topliss-reactive ketones (excluding diaryl/α,β-unsaturated/α-hetero) is 2. The van der Waals surface area contributed by atoms with E-state index in [9.17, 15) is 9.59 Å². The molecule has 8 rings (SSSR count). The van der Waals surface area contributed by atoms with Gasteiger partial charge in [0.2, 0.25) is 5.88 Å². The molecule has 45 heavy (non-hydrogen) atoms. The number of nitrogens with zero attached hydrogens (tertiary/aromatic N) is 3. The molecule has 7 heteroatoms. The first-order valence-electron chi connectivity index (χ1n) is 17.1. The van der Waals surface area contributed by atoms with Gasteiger partial charge in [-0.3, -0.25) is 9.59 Å². The predicted octanol–water partition coefficient (Wildman–Crippen LogP) is 7.36. The SMILES string of the molecule is O=C(c1ccc2cc(OCC3CC3CN3CCCC(C(=O)c4cc5ccccc5s4)C3)ncc2c1)C1CCCN(CC2CC2)C1. The zero-order chi connectivity index (χ0) is 30.3. The van der Waals surface area contributed by atoms with Crippen LogP contribution in [0.3, 0.4) is 0 Å². The number of rotatable bonds is 11. The van der Waals surface area contributed by atoms with Crippen molar-refractivity contribution in [2.24, 2.45) is 29.6 Å². The monoisotopic (exact) mass is 621 g/mol. The van der Waals surface area contributed by atoms with Gasteiger partial charge in [0.05, 0.1) is 11.5 Å². The Hall–Kier alpha value is -3.13. The van der Waals surface area contributed by atoms with Crippen LogP contribution in [0.4, 0.5) is 0 Å². The molecule has 0 spiro atoms. The summed E-state index contributed by atoms with van der Waals surface area (Å²) in [5.74, 6) is 3.49. The number of hydrogen-bond donors (Lipinski definition) is 0. The lowest BCUT2D eigenvalue weighted by Gasteiger charge is -2.32. The molecular weight excluding hydrogens is 579 g/mol. The molecule has 2 aliphatic carbocycles. The fourth-order valence-electron chi connectivity index (χ4n) is 7.69. The molecule has 234 valence electrons. The smallest absolute Gasteiger partial charge is 0.213 e. The van der Waals surface area contributed by atoms with E-state index in [0.717, 1.165) is 85.5 Å². The topological polar surface area (TPSA) is 62.7 Å². The Morgan fingerprint density at radius 3 is 2.38 bits per heavy atom. The summed E-state index contributed by atoms with van der Waals surface area (Å²) in [4.78, 5) is 37.2. The first-order valence-corrected chi connectivity index (χ1v) is 17.9. The first-order chi connectivity index (χ1) is 22.1. The molecule has 0 N–H and O–H groups in total. The van der Waals surface area contributed by atoms with Gasteiger partial charge >= 0.3 is 0 Å². The number of ether oxygens (including phenoxy) is 1. The largest absolute Gasteiger partial charge is 0.477 e. The molecule has 6 nitrogen and oxygen atoms in total. The van der Waals surface area contributed by atoms with Gasteiger partial charge in [0, 0.05) is 65.9 Å². The van der Waals surface area contributed by atoms with Crippen LogP contribution in [-0.2, 0) is 0 Å². The maximum absolute atomic E-state index is 13.4. The number of aromatic nitrogens is 1. The molecule has 0 amide bonds. The third-order valence-corrected chi connectivity index (χ3v) is 11.8. The van der Waals surface area contributed by atoms with Crippen LogP contribution in [0.2, 0.25) is 0 Å². The van der Waals surface area contributed by atoms with E-state index in [0.29, 0.717) is 30.1 Å². The number of fused-ring (bicyclic) bond motifs is 2. The molecule has 4 heterocycles. The lowest BCUT2D eigenvalue weighted by atomic mass is 9.89. The fraction of sp³-hybridized carbons (Fsp3) is 0.500. The standard InChI is InChI=1S/C38H43N3O3S/c42-37(29-6-3-13-40(21-29)20-25-9-10-25)28-12-11-26-18-36(39-19-31(26)15-28)44-24-33-16-32(33)23-41-14-4-7-30(22-41)38(43)35-17-27-5-1-2-8-34(27)45-35/h1-2,5,8,11-12,15,17-19,25,29-30,32-33H,3-4,6-7,9-10,13-14,16,20-24H2. The van der Waals surface area contributed by atoms with Crippen molar-refractivity contribution in [3.8, 4) is 5.88 Å². The third kappa shape index (κ3) is 6.72. The summed E-state index contributed by atoms with van der Waals surface area (Å²) in [5, 5.41) is 3.23. The molecule has 0 radical (unpaired) electrons. The van der Waals surface area contributed by atoms with E-state index in [2.05, 4.69) is 39.0 Å². The highest BCUT2D eigenvalue weighted by molar-refractivity contribution is 7.20. The van der Waals surface area contributed by atoms with Gasteiger partial charge in [-0.05, 0) is 105 Å². The van der Waals surface area contributed by atoms with Crippen LogP contribution in [0.1, 0.15) is 65.0 Å². The summed E-state index contributed by atoms with van der Waals surface area (Å²) in [5.41, 5.74) is 0.808. The summed E-state index contributed by atoms with van der Waals surface area (Å²) < 4.78 is 7.36. The Labute approximate surface area is 269 Å². The number of piperidine rings is 2. The van der Waals surface area contributed by atoms with E-state index in [4.69, 9.17) is 4.74 Å². The van der Waals surface area contributed by atoms with Crippen molar-refractivity contribution in [1.29, 1.82) is 0 Å². The lowest BCUT2D eigenvalue weighted by molar-refractivity contribution is 0.0809. The molecule has 2 aromatic heterocycles. The van der Waals surface area contributed by atoms with E-state index in [1.807, 2.05) is 36.5 Å². The van der Waals surface area contributed by atoms with Crippen molar-refractivity contribution in [2.75, 3.05) is 45.9 Å². The molecule has 0 bridgehead atoms. The lowest BCUT2D eigenvalue weighted by Crippen LogP contribution is -2.39. The molecule has 2 aliphatic heterocycles. The summed E-state index contributed by atoms with van der Waals surface area (Å²) in [6, 6.07) is 18.4. The highest BCUT2D eigenvalue weighted by Gasteiger charge is 2.40. The minimum absolute atomic E-state index is 0.0996. The summed E-state index contributed by atoms with van der Waals surface area (Å²) >= 11 is 1.64. The Morgan fingerprint density at radius 1 is 0.800 bits per heavy atom. The molecular formula is C38H43N3O3S. The van der Waals surface area contributed by atoms with E-state index in [-0.39, 0.29) is 17.6 Å². The number of benzene rings is 2. The highest BCUT2D eigenvalue weighted by Crippen LogP contribution is 2.40. The summed E-state index contributed by atoms with van der Waals surface area (Å²) in [6.45, 7) is 6.89. The average molecular weight is 622 g/mol. The molecule has 4 aromatic rings. The Morgan fingerprint density at radius 2 is 1.58 bits per heavy atom. The number of thiophene rings is 1. The Bertz CT molecular complexity index is 1680. The van der Waals surface area contributed by atoms with Crippen molar-refractivity contribution in [2.45, 2.75) is 44.9 Å². The summed E-state index contributed by atoms with van der Waals surface area (Å²) in [6.07, 6.45) is 9.93. The quantitative estimate of drug-likeness (QED) is 0.163. The van der Waals surface area contributed by atoms with Crippen molar-refractivity contribution in [3.05, 3.63) is 71.2 Å². The molecule has 2 saturated carbocycles. The molecule has 4 aliphatic rings. The van der Waals surface area contributed by atoms with Crippen LogP contribution in [-0.4, -0.2) is 72.2 Å². The van der Waals surface area contributed by atoms with Gasteiger partial charge in [-0.15, -0.1) is 11.3 Å². The van der Waals surface area contributed by atoms with E-state index >= 15 is 0 Å². The van der Waals surface area contributed by atoms with Crippen LogP contribution < -0.4 is 4.74 Å². The molecule has 2 saturated heterocycles. The second-order valence-corrected chi connectivity index (χ2v) is 15.3. The van der Waals surface area contributed by atoms with Crippen LogP contribution in [0.25, 0.3) is 20.9 Å². The van der Waals surface area contributed by atoms with Crippen LogP contribution in [0.5, 0.6) is 5.88 Å². The second-order valence-electron chi connectivity index (χ2n) is 14.2. The predicted molar refractivity (Wildman–Crippen MR) is 180 cm³/mol. The average Bonchev–Trinajstić information content (AvgIpc) is 4.00. The Balaban J connectivity index is 0.820. The van der Waals surface area contributed by atoms with Crippen molar-refractivity contribution < 1.29 is 14.3 Å². The van der Waals surface area contributed by atoms with Gasteiger partial charge in [-0.25, -0.2) is 4.98 Å². The van der Waals surface area contributed by atoms with Crippen LogP contribution in [0, 0.1) is 29.6 Å². The number of ketones is 2. The number of carbonyl (C=O) groups is 2. The maximum atomic E-state index is 13.4. The van der Waals surface area contributed by atoms with Crippen LogP contribution in [0.15, 0.2) is 60.8 Å². The van der Waals surface area contributed by atoms with E-state index in [1.54, 1.807) is 11.3 Å². The van der Waals surface area contributed by atoms with Crippen molar-refractivity contribution in [3.63, 3.8) is 0 Å². The first kappa shape index (κ1) is 29.3. The maximum Gasteiger partial charge on any atom is 0.213 e. The number of carbonyl (C=O) groups excluding carboxylic acids is 2. The third-order valence-electron chi connectivity index (χ3n) is 10.6. The van der Waals surface area contributed by atoms with Gasteiger partial charge in [0.25, 0.3) is 0 Å². The van der Waals surface area contributed by atoms with Gasteiger partial charge in [-0.2, -0.15) is 0 Å². The van der Waals surface area contributed by atoms with Crippen molar-refractivity contribution >= 4 is 43.8 Å². The highest BCUT2D eigenvalue weighted by atomic mass is 32.1. The van der Waals surface area contributed by atoms with E-state index < -0.39 is 0 Å². The fourth-order valence-corrected chi connectivity index (χ4v) is 8.77. The normalized spacial score (nSPS) is 25.9. The van der Waals surface area contributed by atoms with Gasteiger partial charge < -0.3 is 14.5 Å². The Kier molecular flexibility index (Phi) is 8.18. The van der Waals surface area contributed by atoms with E-state index in [1.165, 1.54) is 35.9 Å². The molecule has 4 unspecified atom stereocenters. The zero-order valence-corrected chi connectivity index (χ0v) is 26.9. The molecule has 2 aromatic carbocycles. The number of pyridine rings is 1. The number of likely N-dealkylation sites (tertiary alicyclic amines) is 2. The minimum Gasteiger partial charge on any atom is -0.477 e. The second kappa shape index (κ2) is 12.6. The minimum atomic E-state index is 0.0996.